The Balaban J connectivity index is 1.30. The summed E-state index contributed by atoms with van der Waals surface area (Å²) in [5, 5.41) is 0. The summed E-state index contributed by atoms with van der Waals surface area (Å²) in [4.78, 5) is 35.4. The lowest BCUT2D eigenvalue weighted by molar-refractivity contribution is -0.144. The molecule has 25 heavy (non-hydrogen) atoms. The van der Waals surface area contributed by atoms with Crippen LogP contribution in [0.15, 0.2) is 24.5 Å². The van der Waals surface area contributed by atoms with Gasteiger partial charge in [-0.1, -0.05) is 12.8 Å². The molecule has 3 aliphatic rings. The fourth-order valence-electron chi connectivity index (χ4n) is 4.48. The van der Waals surface area contributed by atoms with E-state index >= 15 is 0 Å². The predicted octanol–water partition coefficient (Wildman–Crippen LogP) is 1.48. The number of imide groups is 1. The molecule has 3 fully saturated rings. The summed E-state index contributed by atoms with van der Waals surface area (Å²) in [5.74, 6) is 0.125. The Labute approximate surface area is 148 Å². The number of likely N-dealkylation sites (tertiary alicyclic amines) is 1. The Hall–Kier alpha value is -1.79. The summed E-state index contributed by atoms with van der Waals surface area (Å²) < 4.78 is 0. The molecular formula is C19H26N4O2. The number of pyridine rings is 1. The molecule has 0 atom stereocenters. The fourth-order valence-corrected chi connectivity index (χ4v) is 4.48. The average molecular weight is 342 g/mol. The molecule has 6 nitrogen and oxygen atoms in total. The van der Waals surface area contributed by atoms with Crippen molar-refractivity contribution in [3.63, 3.8) is 0 Å². The first-order chi connectivity index (χ1) is 12.2. The lowest BCUT2D eigenvalue weighted by atomic mass is 9.85. The molecule has 3 heterocycles. The van der Waals surface area contributed by atoms with Gasteiger partial charge in [-0.15, -0.1) is 0 Å². The van der Waals surface area contributed by atoms with E-state index in [1.807, 2.05) is 12.4 Å². The van der Waals surface area contributed by atoms with Gasteiger partial charge in [0.25, 0.3) is 0 Å². The van der Waals surface area contributed by atoms with Gasteiger partial charge in [-0.3, -0.25) is 29.3 Å². The maximum Gasteiger partial charge on any atom is 0.237 e. The first-order valence-corrected chi connectivity index (χ1v) is 9.35. The van der Waals surface area contributed by atoms with Crippen LogP contribution in [0.2, 0.25) is 0 Å². The van der Waals surface area contributed by atoms with E-state index in [1.165, 1.54) is 10.5 Å². The molecular weight excluding hydrogens is 316 g/mol. The molecule has 2 aliphatic heterocycles. The standard InChI is InChI=1S/C19H26N4O2/c24-17-13-19(5-1-2-6-19)18(25)23(17)15-22-11-9-21(10-12-22)14-16-3-7-20-8-4-16/h3-4,7-8H,1-2,5-6,9-15H2. The van der Waals surface area contributed by atoms with Gasteiger partial charge in [-0.25, -0.2) is 0 Å². The van der Waals surface area contributed by atoms with Crippen LogP contribution in [0.1, 0.15) is 37.7 Å². The van der Waals surface area contributed by atoms with E-state index in [9.17, 15) is 9.59 Å². The third-order valence-corrected chi connectivity index (χ3v) is 6.01. The minimum Gasteiger partial charge on any atom is -0.297 e. The zero-order chi connectivity index (χ0) is 17.3. The highest BCUT2D eigenvalue weighted by Crippen LogP contribution is 2.46. The average Bonchev–Trinajstić information content (AvgIpc) is 3.18. The van der Waals surface area contributed by atoms with Crippen LogP contribution in [0.3, 0.4) is 0 Å². The summed E-state index contributed by atoms with van der Waals surface area (Å²) in [6, 6.07) is 4.10. The van der Waals surface area contributed by atoms with E-state index in [0.717, 1.165) is 58.4 Å². The Kier molecular flexibility index (Phi) is 4.56. The van der Waals surface area contributed by atoms with E-state index in [2.05, 4.69) is 26.9 Å². The molecule has 4 rings (SSSR count). The number of carbonyl (C=O) groups excluding carboxylic acids is 2. The van der Waals surface area contributed by atoms with Gasteiger partial charge in [0.15, 0.2) is 0 Å². The molecule has 1 aromatic heterocycles. The molecule has 0 aromatic carbocycles. The van der Waals surface area contributed by atoms with Crippen molar-refractivity contribution in [1.82, 2.24) is 19.7 Å². The number of nitrogens with zero attached hydrogens (tertiary/aromatic N) is 4. The van der Waals surface area contributed by atoms with Crippen molar-refractivity contribution in [2.45, 2.75) is 38.6 Å². The number of carbonyl (C=O) groups is 2. The van der Waals surface area contributed by atoms with E-state index in [-0.39, 0.29) is 17.2 Å². The lowest BCUT2D eigenvalue weighted by Crippen LogP contribution is -2.51. The summed E-state index contributed by atoms with van der Waals surface area (Å²) in [7, 11) is 0. The summed E-state index contributed by atoms with van der Waals surface area (Å²) in [6.07, 6.45) is 8.06. The largest absolute Gasteiger partial charge is 0.297 e. The summed E-state index contributed by atoms with van der Waals surface area (Å²) in [5.41, 5.74) is 0.928. The van der Waals surface area contributed by atoms with Crippen molar-refractivity contribution in [3.05, 3.63) is 30.1 Å². The molecule has 0 bridgehead atoms. The molecule has 1 saturated carbocycles. The lowest BCUT2D eigenvalue weighted by Gasteiger charge is -2.36. The van der Waals surface area contributed by atoms with Gasteiger partial charge < -0.3 is 0 Å². The fraction of sp³-hybridized carbons (Fsp3) is 0.632. The third kappa shape index (κ3) is 3.33. The van der Waals surface area contributed by atoms with Gasteiger partial charge in [0, 0.05) is 51.5 Å². The second-order valence-electron chi connectivity index (χ2n) is 7.68. The van der Waals surface area contributed by atoms with Crippen LogP contribution in [0.5, 0.6) is 0 Å². The van der Waals surface area contributed by atoms with Crippen molar-refractivity contribution in [2.24, 2.45) is 5.41 Å². The van der Waals surface area contributed by atoms with Crippen molar-refractivity contribution >= 4 is 11.8 Å². The van der Waals surface area contributed by atoms with Crippen LogP contribution in [0.25, 0.3) is 0 Å². The summed E-state index contributed by atoms with van der Waals surface area (Å²) >= 11 is 0. The van der Waals surface area contributed by atoms with Gasteiger partial charge in [0.2, 0.25) is 11.8 Å². The number of aromatic nitrogens is 1. The van der Waals surface area contributed by atoms with Crippen molar-refractivity contribution < 1.29 is 9.59 Å². The van der Waals surface area contributed by atoms with E-state index in [0.29, 0.717) is 13.1 Å². The Morgan fingerprint density at radius 2 is 1.60 bits per heavy atom. The van der Waals surface area contributed by atoms with Crippen LogP contribution in [-0.4, -0.2) is 64.3 Å². The maximum atomic E-state index is 12.8. The van der Waals surface area contributed by atoms with Crippen LogP contribution < -0.4 is 0 Å². The van der Waals surface area contributed by atoms with Gasteiger partial charge in [0.1, 0.15) is 0 Å². The van der Waals surface area contributed by atoms with Crippen molar-refractivity contribution in [2.75, 3.05) is 32.8 Å². The highest BCUT2D eigenvalue weighted by Gasteiger charge is 2.52. The maximum absolute atomic E-state index is 12.8. The number of piperazine rings is 1. The quantitative estimate of drug-likeness (QED) is 0.776. The number of hydrogen-bond acceptors (Lipinski definition) is 5. The molecule has 2 saturated heterocycles. The summed E-state index contributed by atoms with van der Waals surface area (Å²) in [6.45, 7) is 5.13. The Morgan fingerprint density at radius 3 is 2.28 bits per heavy atom. The Bertz CT molecular complexity index is 634. The number of amides is 2. The van der Waals surface area contributed by atoms with Gasteiger partial charge >= 0.3 is 0 Å². The monoisotopic (exact) mass is 342 g/mol. The smallest absolute Gasteiger partial charge is 0.237 e. The molecule has 0 radical (unpaired) electrons. The Morgan fingerprint density at radius 1 is 0.960 bits per heavy atom. The highest BCUT2D eigenvalue weighted by atomic mass is 16.2. The van der Waals surface area contributed by atoms with Crippen LogP contribution in [-0.2, 0) is 16.1 Å². The first kappa shape index (κ1) is 16.7. The predicted molar refractivity (Wildman–Crippen MR) is 93.3 cm³/mol. The van der Waals surface area contributed by atoms with Crippen molar-refractivity contribution in [3.8, 4) is 0 Å². The van der Waals surface area contributed by atoms with Gasteiger partial charge in [-0.05, 0) is 30.5 Å². The van der Waals surface area contributed by atoms with Crippen molar-refractivity contribution in [1.29, 1.82) is 0 Å². The normalized spacial score (nSPS) is 24.6. The highest BCUT2D eigenvalue weighted by molar-refractivity contribution is 6.06. The van der Waals surface area contributed by atoms with Crippen LogP contribution >= 0.6 is 0 Å². The molecule has 6 heteroatoms. The van der Waals surface area contributed by atoms with Gasteiger partial charge in [-0.2, -0.15) is 0 Å². The number of hydrogen-bond donors (Lipinski definition) is 0. The van der Waals surface area contributed by atoms with E-state index < -0.39 is 0 Å². The second-order valence-corrected chi connectivity index (χ2v) is 7.68. The molecule has 2 amide bonds. The molecule has 0 unspecified atom stereocenters. The molecule has 1 aliphatic carbocycles. The minimum atomic E-state index is -0.347. The zero-order valence-electron chi connectivity index (χ0n) is 14.7. The second kappa shape index (κ2) is 6.84. The molecule has 0 N–H and O–H groups in total. The first-order valence-electron chi connectivity index (χ1n) is 9.35. The third-order valence-electron chi connectivity index (χ3n) is 6.01. The number of rotatable bonds is 4. The van der Waals surface area contributed by atoms with Crippen LogP contribution in [0, 0.1) is 5.41 Å². The van der Waals surface area contributed by atoms with Gasteiger partial charge in [0.05, 0.1) is 12.1 Å². The molecule has 1 aromatic rings. The van der Waals surface area contributed by atoms with E-state index in [1.54, 1.807) is 0 Å². The molecule has 134 valence electrons. The van der Waals surface area contributed by atoms with E-state index in [4.69, 9.17) is 0 Å². The van der Waals surface area contributed by atoms with Crippen LogP contribution in [0.4, 0.5) is 0 Å². The topological polar surface area (TPSA) is 56.8 Å². The SMILES string of the molecule is O=C1CC2(CCCC2)C(=O)N1CN1CCN(Cc2ccncc2)CC1. The zero-order valence-corrected chi connectivity index (χ0v) is 14.7. The molecule has 1 spiro atoms. The minimum absolute atomic E-state index is 0.0334.